The highest BCUT2D eigenvalue weighted by molar-refractivity contribution is 5.86. The first kappa shape index (κ1) is 14.1. The molecule has 0 radical (unpaired) electrons. The molecule has 0 aliphatic carbocycles. The second-order valence-corrected chi connectivity index (χ2v) is 5.12. The number of aromatic carboxylic acids is 1. The Labute approximate surface area is 128 Å². The molecule has 3 rings (SSSR count). The van der Waals surface area contributed by atoms with Crippen molar-refractivity contribution >= 4 is 5.97 Å². The third-order valence-corrected chi connectivity index (χ3v) is 3.56. The molecule has 0 unspecified atom stereocenters. The van der Waals surface area contributed by atoms with Gasteiger partial charge in [-0.1, -0.05) is 60.7 Å². The summed E-state index contributed by atoms with van der Waals surface area (Å²) in [4.78, 5) is 15.5. The van der Waals surface area contributed by atoms with Crippen molar-refractivity contribution in [1.29, 1.82) is 0 Å². The van der Waals surface area contributed by atoms with Crippen LogP contribution in [0.2, 0.25) is 0 Å². The van der Waals surface area contributed by atoms with E-state index in [1.807, 2.05) is 65.2 Å². The quantitative estimate of drug-likeness (QED) is 0.785. The summed E-state index contributed by atoms with van der Waals surface area (Å²) < 4.78 is 1.91. The van der Waals surface area contributed by atoms with Gasteiger partial charge in [-0.15, -0.1) is 0 Å². The van der Waals surface area contributed by atoms with E-state index < -0.39 is 5.97 Å². The summed E-state index contributed by atoms with van der Waals surface area (Å²) in [6, 6.07) is 19.8. The fourth-order valence-corrected chi connectivity index (χ4v) is 2.48. The van der Waals surface area contributed by atoms with Crippen LogP contribution >= 0.6 is 0 Å². The van der Waals surface area contributed by atoms with Crippen LogP contribution in [-0.4, -0.2) is 20.6 Å². The zero-order valence-electron chi connectivity index (χ0n) is 12.0. The predicted molar refractivity (Wildman–Crippen MR) is 84.0 cm³/mol. The summed E-state index contributed by atoms with van der Waals surface area (Å²) in [5, 5.41) is 9.35. The van der Waals surface area contributed by atoms with E-state index in [-0.39, 0.29) is 5.69 Å². The van der Waals surface area contributed by atoms with E-state index in [4.69, 9.17) is 0 Å². The van der Waals surface area contributed by atoms with Gasteiger partial charge in [0.1, 0.15) is 0 Å². The van der Waals surface area contributed by atoms with Crippen molar-refractivity contribution in [1.82, 2.24) is 9.55 Å². The van der Waals surface area contributed by atoms with E-state index in [1.165, 1.54) is 0 Å². The van der Waals surface area contributed by atoms with Crippen LogP contribution in [0.15, 0.2) is 67.0 Å². The van der Waals surface area contributed by atoms with Gasteiger partial charge in [-0.05, 0) is 11.1 Å². The second-order valence-electron chi connectivity index (χ2n) is 5.12. The van der Waals surface area contributed by atoms with Crippen LogP contribution in [0.3, 0.4) is 0 Å². The lowest BCUT2D eigenvalue weighted by molar-refractivity contribution is 0.0690. The Hall–Kier alpha value is -2.88. The first-order valence-corrected chi connectivity index (χ1v) is 7.09. The van der Waals surface area contributed by atoms with Gasteiger partial charge in [-0.3, -0.25) is 0 Å². The lowest BCUT2D eigenvalue weighted by Crippen LogP contribution is -2.09. The summed E-state index contributed by atoms with van der Waals surface area (Å²) in [6.45, 7) is 0.614. The molecule has 4 nitrogen and oxygen atoms in total. The Bertz CT molecular complexity index is 764. The molecule has 0 fully saturated rings. The maximum atomic E-state index is 11.4. The second kappa shape index (κ2) is 6.26. The van der Waals surface area contributed by atoms with Crippen LogP contribution in [0, 0.1) is 0 Å². The molecule has 0 aliphatic rings. The van der Waals surface area contributed by atoms with Gasteiger partial charge < -0.3 is 9.67 Å². The molecule has 2 aromatic carbocycles. The first-order valence-electron chi connectivity index (χ1n) is 7.09. The van der Waals surface area contributed by atoms with E-state index in [0.717, 1.165) is 16.8 Å². The largest absolute Gasteiger partial charge is 0.476 e. The SMILES string of the molecule is O=C(O)c1ncn(Cc2ccccc2)c1Cc1ccccc1. The number of carboxylic acid groups (broad SMARTS) is 1. The van der Waals surface area contributed by atoms with Crippen molar-refractivity contribution in [2.75, 3.05) is 0 Å². The molecule has 0 spiro atoms. The molecular weight excluding hydrogens is 276 g/mol. The molecule has 0 aliphatic heterocycles. The highest BCUT2D eigenvalue weighted by Crippen LogP contribution is 2.16. The highest BCUT2D eigenvalue weighted by atomic mass is 16.4. The summed E-state index contributed by atoms with van der Waals surface area (Å²) in [5.74, 6) is -0.988. The zero-order chi connectivity index (χ0) is 15.4. The minimum absolute atomic E-state index is 0.125. The van der Waals surface area contributed by atoms with Crippen molar-refractivity contribution < 1.29 is 9.90 Å². The molecule has 1 aromatic heterocycles. The van der Waals surface area contributed by atoms with Crippen molar-refractivity contribution in [2.45, 2.75) is 13.0 Å². The number of carbonyl (C=O) groups is 1. The lowest BCUT2D eigenvalue weighted by atomic mass is 10.1. The molecule has 0 saturated heterocycles. The molecule has 3 aromatic rings. The number of nitrogens with zero attached hydrogens (tertiary/aromatic N) is 2. The summed E-state index contributed by atoms with van der Waals surface area (Å²) >= 11 is 0. The predicted octanol–water partition coefficient (Wildman–Crippen LogP) is 3.22. The zero-order valence-corrected chi connectivity index (χ0v) is 12.0. The van der Waals surface area contributed by atoms with E-state index >= 15 is 0 Å². The Morgan fingerprint density at radius 1 is 0.955 bits per heavy atom. The molecule has 22 heavy (non-hydrogen) atoms. The Morgan fingerprint density at radius 2 is 1.55 bits per heavy atom. The first-order chi connectivity index (χ1) is 10.7. The number of imidazole rings is 1. The van der Waals surface area contributed by atoms with Gasteiger partial charge in [-0.2, -0.15) is 0 Å². The fraction of sp³-hybridized carbons (Fsp3) is 0.111. The smallest absolute Gasteiger partial charge is 0.356 e. The van der Waals surface area contributed by atoms with Crippen molar-refractivity contribution in [3.8, 4) is 0 Å². The van der Waals surface area contributed by atoms with Gasteiger partial charge >= 0.3 is 5.97 Å². The highest BCUT2D eigenvalue weighted by Gasteiger charge is 2.17. The van der Waals surface area contributed by atoms with Crippen LogP contribution in [0.1, 0.15) is 27.3 Å². The average Bonchev–Trinajstić information content (AvgIpc) is 2.92. The van der Waals surface area contributed by atoms with Gasteiger partial charge in [0.15, 0.2) is 5.69 Å². The van der Waals surface area contributed by atoms with Crippen LogP contribution in [0.25, 0.3) is 0 Å². The van der Waals surface area contributed by atoms with Crippen molar-refractivity contribution in [3.63, 3.8) is 0 Å². The molecule has 1 N–H and O–H groups in total. The Kier molecular flexibility index (Phi) is 4.01. The number of aromatic nitrogens is 2. The van der Waals surface area contributed by atoms with Crippen LogP contribution in [0.4, 0.5) is 0 Å². The third kappa shape index (κ3) is 3.06. The van der Waals surface area contributed by atoms with E-state index in [0.29, 0.717) is 13.0 Å². The van der Waals surface area contributed by atoms with Gasteiger partial charge in [0.25, 0.3) is 0 Å². The molecule has 0 atom stereocenters. The molecule has 0 saturated carbocycles. The van der Waals surface area contributed by atoms with Gasteiger partial charge in [0, 0.05) is 13.0 Å². The molecule has 110 valence electrons. The normalized spacial score (nSPS) is 10.5. The summed E-state index contributed by atoms with van der Waals surface area (Å²) in [7, 11) is 0. The number of rotatable bonds is 5. The third-order valence-electron chi connectivity index (χ3n) is 3.56. The molecule has 1 heterocycles. The minimum atomic E-state index is -0.988. The van der Waals surface area contributed by atoms with E-state index in [2.05, 4.69) is 4.98 Å². The standard InChI is InChI=1S/C18H16N2O2/c21-18(22)17-16(11-14-7-3-1-4-8-14)20(13-19-17)12-15-9-5-2-6-10-15/h1-10,13H,11-12H2,(H,21,22). The number of hydrogen-bond donors (Lipinski definition) is 1. The molecule has 4 heteroatoms. The Morgan fingerprint density at radius 3 is 2.14 bits per heavy atom. The molecule has 0 amide bonds. The monoisotopic (exact) mass is 292 g/mol. The van der Waals surface area contributed by atoms with E-state index in [9.17, 15) is 9.90 Å². The number of hydrogen-bond acceptors (Lipinski definition) is 2. The maximum Gasteiger partial charge on any atom is 0.356 e. The maximum absolute atomic E-state index is 11.4. The minimum Gasteiger partial charge on any atom is -0.476 e. The number of carboxylic acids is 1. The molecule has 0 bridgehead atoms. The van der Waals surface area contributed by atoms with Gasteiger partial charge in [0.05, 0.1) is 12.0 Å². The van der Waals surface area contributed by atoms with Crippen molar-refractivity contribution in [2.24, 2.45) is 0 Å². The van der Waals surface area contributed by atoms with Crippen LogP contribution in [0.5, 0.6) is 0 Å². The van der Waals surface area contributed by atoms with E-state index in [1.54, 1.807) is 6.33 Å². The lowest BCUT2D eigenvalue weighted by Gasteiger charge is -2.09. The Balaban J connectivity index is 1.95. The van der Waals surface area contributed by atoms with Crippen LogP contribution in [-0.2, 0) is 13.0 Å². The fourth-order valence-electron chi connectivity index (χ4n) is 2.48. The van der Waals surface area contributed by atoms with Crippen molar-refractivity contribution in [3.05, 3.63) is 89.5 Å². The summed E-state index contributed by atoms with van der Waals surface area (Å²) in [6.07, 6.45) is 2.16. The van der Waals surface area contributed by atoms with Gasteiger partial charge in [-0.25, -0.2) is 9.78 Å². The van der Waals surface area contributed by atoms with Gasteiger partial charge in [0.2, 0.25) is 0 Å². The number of benzene rings is 2. The topological polar surface area (TPSA) is 55.1 Å². The summed E-state index contributed by atoms with van der Waals surface area (Å²) in [5.41, 5.74) is 3.04. The van der Waals surface area contributed by atoms with Crippen LogP contribution < -0.4 is 0 Å². The molecular formula is C18H16N2O2. The average molecular weight is 292 g/mol.